The van der Waals surface area contributed by atoms with Crippen LogP contribution < -0.4 is 4.74 Å². The number of aromatic nitrogens is 2. The van der Waals surface area contributed by atoms with Gasteiger partial charge in [0.05, 0.1) is 16.0 Å². The van der Waals surface area contributed by atoms with Crippen molar-refractivity contribution < 1.29 is 9.66 Å². The van der Waals surface area contributed by atoms with E-state index in [9.17, 15) is 10.1 Å². The summed E-state index contributed by atoms with van der Waals surface area (Å²) in [5, 5.41) is 13.4. The summed E-state index contributed by atoms with van der Waals surface area (Å²) in [6, 6.07) is 28.4. The second-order valence-electron chi connectivity index (χ2n) is 7.56. The Balaban J connectivity index is 1.47. The normalized spacial score (nSPS) is 11.3. The number of non-ortho nitro benzene ring substituents is 1. The Morgan fingerprint density at radius 2 is 1.55 bits per heavy atom. The van der Waals surface area contributed by atoms with Gasteiger partial charge in [0.25, 0.3) is 5.69 Å². The molecule has 0 aliphatic rings. The van der Waals surface area contributed by atoms with Crippen LogP contribution in [0, 0.1) is 10.1 Å². The fourth-order valence-electron chi connectivity index (χ4n) is 3.61. The number of fused-ring (bicyclic) bond motifs is 2. The third-order valence-corrected chi connectivity index (χ3v) is 5.27. The molecule has 0 unspecified atom stereocenters. The van der Waals surface area contributed by atoms with Gasteiger partial charge >= 0.3 is 0 Å². The monoisotopic (exact) mass is 433 g/mol. The van der Waals surface area contributed by atoms with Crippen molar-refractivity contribution in [3.8, 4) is 5.88 Å². The van der Waals surface area contributed by atoms with Gasteiger partial charge in [-0.25, -0.2) is 9.97 Å². The molecule has 6 nitrogen and oxygen atoms in total. The minimum atomic E-state index is -0.411. The van der Waals surface area contributed by atoms with E-state index in [2.05, 4.69) is 29.2 Å². The molecule has 160 valence electrons. The molecule has 0 saturated carbocycles. The number of nitro benzene ring substituents is 1. The highest BCUT2D eigenvalue weighted by molar-refractivity contribution is 5.83. The topological polar surface area (TPSA) is 78.2 Å². The number of hydrogen-bond acceptors (Lipinski definition) is 5. The van der Waals surface area contributed by atoms with Gasteiger partial charge in [0.1, 0.15) is 12.3 Å². The van der Waals surface area contributed by atoms with Gasteiger partial charge in [-0.2, -0.15) is 0 Å². The average Bonchev–Trinajstić information content (AvgIpc) is 2.86. The Labute approximate surface area is 190 Å². The van der Waals surface area contributed by atoms with E-state index in [4.69, 9.17) is 9.72 Å². The fourth-order valence-corrected chi connectivity index (χ4v) is 3.61. The van der Waals surface area contributed by atoms with Crippen molar-refractivity contribution in [1.29, 1.82) is 0 Å². The first-order valence-corrected chi connectivity index (χ1v) is 10.5. The van der Waals surface area contributed by atoms with E-state index >= 15 is 0 Å². The van der Waals surface area contributed by atoms with Crippen LogP contribution in [0.2, 0.25) is 0 Å². The Hall–Kier alpha value is -4.58. The molecule has 0 aliphatic carbocycles. The van der Waals surface area contributed by atoms with Crippen LogP contribution in [0.3, 0.4) is 0 Å². The lowest BCUT2D eigenvalue weighted by Crippen LogP contribution is -2.01. The molecule has 33 heavy (non-hydrogen) atoms. The van der Waals surface area contributed by atoms with E-state index in [0.29, 0.717) is 23.7 Å². The summed E-state index contributed by atoms with van der Waals surface area (Å²) in [6.07, 6.45) is 3.54. The van der Waals surface area contributed by atoms with Gasteiger partial charge < -0.3 is 4.74 Å². The first-order chi connectivity index (χ1) is 16.2. The predicted octanol–water partition coefficient (Wildman–Crippen LogP) is 6.44. The van der Waals surface area contributed by atoms with Crippen molar-refractivity contribution in [2.24, 2.45) is 0 Å². The maximum Gasteiger partial charge on any atom is 0.270 e. The molecular formula is C27H19N3O3. The van der Waals surface area contributed by atoms with E-state index in [1.807, 2.05) is 42.5 Å². The third kappa shape index (κ3) is 4.55. The van der Waals surface area contributed by atoms with Gasteiger partial charge in [-0.15, -0.1) is 0 Å². The van der Waals surface area contributed by atoms with Crippen molar-refractivity contribution in [3.05, 3.63) is 118 Å². The zero-order chi connectivity index (χ0) is 22.6. The summed E-state index contributed by atoms with van der Waals surface area (Å²) < 4.78 is 6.10. The van der Waals surface area contributed by atoms with Crippen LogP contribution in [-0.2, 0) is 6.61 Å². The number of ether oxygens (including phenoxy) is 1. The number of nitrogens with zero attached hydrogens (tertiary/aromatic N) is 3. The number of hydrogen-bond donors (Lipinski definition) is 0. The maximum absolute atomic E-state index is 11.1. The molecule has 0 saturated heterocycles. The van der Waals surface area contributed by atoms with Gasteiger partial charge in [0.2, 0.25) is 5.88 Å². The molecule has 0 radical (unpaired) electrons. The SMILES string of the molecule is O=[N+]([O-])c1cccc(/C=C/c2nc3ccccc3nc2OCc2ccc3ccccc3c2)c1. The van der Waals surface area contributed by atoms with Gasteiger partial charge in [0, 0.05) is 12.1 Å². The molecule has 1 aromatic heterocycles. The van der Waals surface area contributed by atoms with Crippen molar-refractivity contribution in [2.75, 3.05) is 0 Å². The van der Waals surface area contributed by atoms with Crippen molar-refractivity contribution in [3.63, 3.8) is 0 Å². The highest BCUT2D eigenvalue weighted by Gasteiger charge is 2.10. The van der Waals surface area contributed by atoms with Crippen LogP contribution in [0.4, 0.5) is 5.69 Å². The van der Waals surface area contributed by atoms with E-state index in [1.54, 1.807) is 24.3 Å². The summed E-state index contributed by atoms with van der Waals surface area (Å²) in [5.41, 5.74) is 3.79. The van der Waals surface area contributed by atoms with Crippen LogP contribution in [-0.4, -0.2) is 14.9 Å². The highest BCUT2D eigenvalue weighted by Crippen LogP contribution is 2.24. The summed E-state index contributed by atoms with van der Waals surface area (Å²) >= 11 is 0. The number of benzene rings is 4. The van der Waals surface area contributed by atoms with Crippen molar-refractivity contribution >= 4 is 39.6 Å². The Kier molecular flexibility index (Phi) is 5.47. The molecule has 0 N–H and O–H groups in total. The quantitative estimate of drug-likeness (QED) is 0.227. The predicted molar refractivity (Wildman–Crippen MR) is 130 cm³/mol. The molecule has 0 amide bonds. The highest BCUT2D eigenvalue weighted by atomic mass is 16.6. The standard InChI is InChI=1S/C27H19N3O3/c31-30(32)23-9-5-6-19(17-23)13-15-26-27(29-25-11-4-3-10-24(25)28-26)33-18-20-12-14-21-7-1-2-8-22(21)16-20/h1-17H,18H2/b15-13+. The molecular weight excluding hydrogens is 414 g/mol. The molecule has 0 fully saturated rings. The Morgan fingerprint density at radius 3 is 2.36 bits per heavy atom. The maximum atomic E-state index is 11.1. The minimum Gasteiger partial charge on any atom is -0.471 e. The van der Waals surface area contributed by atoms with E-state index < -0.39 is 4.92 Å². The lowest BCUT2D eigenvalue weighted by Gasteiger charge is -2.10. The Bertz CT molecular complexity index is 1510. The van der Waals surface area contributed by atoms with Crippen molar-refractivity contribution in [1.82, 2.24) is 9.97 Å². The largest absolute Gasteiger partial charge is 0.471 e. The van der Waals surface area contributed by atoms with Gasteiger partial charge in [-0.1, -0.05) is 66.7 Å². The number of para-hydroxylation sites is 2. The summed E-state index contributed by atoms with van der Waals surface area (Å²) in [7, 11) is 0. The molecule has 0 spiro atoms. The molecule has 4 aromatic carbocycles. The Morgan fingerprint density at radius 1 is 0.788 bits per heavy atom. The number of rotatable bonds is 6. The van der Waals surface area contributed by atoms with E-state index in [0.717, 1.165) is 22.0 Å². The molecule has 1 heterocycles. The van der Waals surface area contributed by atoms with Gasteiger partial charge in [-0.3, -0.25) is 10.1 Å². The van der Waals surface area contributed by atoms with Gasteiger partial charge in [0.15, 0.2) is 0 Å². The molecule has 6 heteroatoms. The number of nitro groups is 1. The third-order valence-electron chi connectivity index (χ3n) is 5.27. The zero-order valence-corrected chi connectivity index (χ0v) is 17.6. The lowest BCUT2D eigenvalue weighted by molar-refractivity contribution is -0.384. The summed E-state index contributed by atoms with van der Waals surface area (Å²) in [6.45, 7) is 0.343. The zero-order valence-electron chi connectivity index (χ0n) is 17.6. The van der Waals surface area contributed by atoms with E-state index in [-0.39, 0.29) is 5.69 Å². The first kappa shape index (κ1) is 20.3. The smallest absolute Gasteiger partial charge is 0.270 e. The van der Waals surface area contributed by atoms with E-state index in [1.165, 1.54) is 17.5 Å². The molecule has 0 atom stereocenters. The molecule has 5 rings (SSSR count). The average molecular weight is 433 g/mol. The minimum absolute atomic E-state index is 0.0366. The summed E-state index contributed by atoms with van der Waals surface area (Å²) in [5.74, 6) is 0.406. The van der Waals surface area contributed by atoms with Crippen LogP contribution in [0.15, 0.2) is 91.0 Å². The second-order valence-corrected chi connectivity index (χ2v) is 7.56. The van der Waals surface area contributed by atoms with Crippen LogP contribution in [0.25, 0.3) is 34.0 Å². The van der Waals surface area contributed by atoms with Crippen molar-refractivity contribution in [2.45, 2.75) is 6.61 Å². The fraction of sp³-hybridized carbons (Fsp3) is 0.0370. The summed E-state index contributed by atoms with van der Waals surface area (Å²) in [4.78, 5) is 20.0. The van der Waals surface area contributed by atoms with Crippen LogP contribution >= 0.6 is 0 Å². The first-order valence-electron chi connectivity index (χ1n) is 10.5. The second kappa shape index (κ2) is 8.88. The van der Waals surface area contributed by atoms with Crippen LogP contribution in [0.1, 0.15) is 16.8 Å². The molecule has 0 bridgehead atoms. The van der Waals surface area contributed by atoms with Crippen LogP contribution in [0.5, 0.6) is 5.88 Å². The molecule has 0 aliphatic heterocycles. The molecule has 5 aromatic rings. The van der Waals surface area contributed by atoms with Gasteiger partial charge in [-0.05, 0) is 46.2 Å². The lowest BCUT2D eigenvalue weighted by atomic mass is 10.1.